The zero-order valence-corrected chi connectivity index (χ0v) is 17.1. The van der Waals surface area contributed by atoms with E-state index in [0.29, 0.717) is 19.6 Å². The Morgan fingerprint density at radius 1 is 0.862 bits per heavy atom. The highest BCUT2D eigenvalue weighted by molar-refractivity contribution is 5.25. The number of hydrogen-bond acceptors (Lipinski definition) is 3. The minimum atomic E-state index is -0.201. The molecule has 1 aliphatic rings. The van der Waals surface area contributed by atoms with Crippen molar-refractivity contribution in [2.75, 3.05) is 6.54 Å². The van der Waals surface area contributed by atoms with Crippen molar-refractivity contribution in [3.63, 3.8) is 0 Å². The SMILES string of the molecule is CCn1c2c(c(=O)n(Cc3ccc(C)cc3)c1=O)CN(Cc1ccccc1)CC2. The second kappa shape index (κ2) is 8.21. The van der Waals surface area contributed by atoms with Crippen LogP contribution < -0.4 is 11.2 Å². The second-order valence-electron chi connectivity index (χ2n) is 7.78. The van der Waals surface area contributed by atoms with Gasteiger partial charge in [0.25, 0.3) is 5.56 Å². The van der Waals surface area contributed by atoms with Gasteiger partial charge < -0.3 is 0 Å². The third kappa shape index (κ3) is 3.96. The van der Waals surface area contributed by atoms with Gasteiger partial charge in [0, 0.05) is 38.3 Å². The maximum absolute atomic E-state index is 13.3. The lowest BCUT2D eigenvalue weighted by atomic mass is 10.0. The molecule has 0 atom stereocenters. The number of hydrogen-bond donors (Lipinski definition) is 0. The van der Waals surface area contributed by atoms with Crippen LogP contribution in [0, 0.1) is 6.92 Å². The summed E-state index contributed by atoms with van der Waals surface area (Å²) < 4.78 is 3.18. The molecule has 0 spiro atoms. The molecule has 0 saturated carbocycles. The molecule has 0 unspecified atom stereocenters. The molecule has 5 heteroatoms. The van der Waals surface area contributed by atoms with Gasteiger partial charge >= 0.3 is 5.69 Å². The molecule has 1 aromatic heterocycles. The Balaban J connectivity index is 1.70. The van der Waals surface area contributed by atoms with Crippen LogP contribution in [0.2, 0.25) is 0 Å². The third-order valence-corrected chi connectivity index (χ3v) is 5.71. The number of aryl methyl sites for hydroxylation is 1. The van der Waals surface area contributed by atoms with Gasteiger partial charge in [0.05, 0.1) is 12.1 Å². The van der Waals surface area contributed by atoms with Gasteiger partial charge in [0.2, 0.25) is 0 Å². The van der Waals surface area contributed by atoms with E-state index in [1.165, 1.54) is 10.1 Å². The smallest absolute Gasteiger partial charge is 0.297 e. The van der Waals surface area contributed by atoms with Crippen LogP contribution in [0.3, 0.4) is 0 Å². The molecule has 2 heterocycles. The van der Waals surface area contributed by atoms with Gasteiger partial charge in [-0.25, -0.2) is 4.79 Å². The van der Waals surface area contributed by atoms with Gasteiger partial charge in [-0.3, -0.25) is 18.8 Å². The molecular weight excluding hydrogens is 362 g/mol. The highest BCUT2D eigenvalue weighted by atomic mass is 16.2. The Hall–Kier alpha value is -2.92. The van der Waals surface area contributed by atoms with E-state index in [1.807, 2.05) is 56.3 Å². The lowest BCUT2D eigenvalue weighted by molar-refractivity contribution is 0.236. The van der Waals surface area contributed by atoms with E-state index in [1.54, 1.807) is 4.57 Å². The molecule has 3 aromatic rings. The van der Waals surface area contributed by atoms with E-state index < -0.39 is 0 Å². The van der Waals surface area contributed by atoms with Crippen LogP contribution in [-0.4, -0.2) is 20.6 Å². The Kier molecular flexibility index (Phi) is 5.49. The Labute approximate surface area is 170 Å². The molecule has 1 aliphatic heterocycles. The first kappa shape index (κ1) is 19.4. The van der Waals surface area contributed by atoms with Crippen molar-refractivity contribution >= 4 is 0 Å². The van der Waals surface area contributed by atoms with Crippen LogP contribution in [-0.2, 0) is 32.6 Å². The van der Waals surface area contributed by atoms with Gasteiger partial charge in [-0.2, -0.15) is 0 Å². The summed E-state index contributed by atoms with van der Waals surface area (Å²) in [5.74, 6) is 0. The molecule has 0 N–H and O–H groups in total. The molecule has 0 aliphatic carbocycles. The fourth-order valence-electron chi connectivity index (χ4n) is 4.13. The average Bonchev–Trinajstić information content (AvgIpc) is 2.74. The quantitative estimate of drug-likeness (QED) is 0.674. The van der Waals surface area contributed by atoms with E-state index in [-0.39, 0.29) is 11.2 Å². The highest BCUT2D eigenvalue weighted by Crippen LogP contribution is 2.17. The van der Waals surface area contributed by atoms with Gasteiger partial charge in [-0.15, -0.1) is 0 Å². The topological polar surface area (TPSA) is 47.2 Å². The van der Waals surface area contributed by atoms with Crippen LogP contribution >= 0.6 is 0 Å². The summed E-state index contributed by atoms with van der Waals surface area (Å²) in [7, 11) is 0. The first-order valence-corrected chi connectivity index (χ1v) is 10.2. The second-order valence-corrected chi connectivity index (χ2v) is 7.78. The maximum Gasteiger partial charge on any atom is 0.331 e. The third-order valence-electron chi connectivity index (χ3n) is 5.71. The number of benzene rings is 2. The molecule has 0 saturated heterocycles. The monoisotopic (exact) mass is 389 g/mol. The molecule has 0 amide bonds. The Morgan fingerprint density at radius 3 is 2.24 bits per heavy atom. The van der Waals surface area contributed by atoms with E-state index >= 15 is 0 Å². The minimum absolute atomic E-state index is 0.145. The molecule has 150 valence electrons. The van der Waals surface area contributed by atoms with Crippen LogP contribution in [0.4, 0.5) is 0 Å². The molecule has 4 rings (SSSR count). The summed E-state index contributed by atoms with van der Waals surface area (Å²) in [5, 5.41) is 0. The predicted octanol–water partition coefficient (Wildman–Crippen LogP) is 2.94. The van der Waals surface area contributed by atoms with E-state index in [4.69, 9.17) is 0 Å². The number of rotatable bonds is 5. The van der Waals surface area contributed by atoms with Crippen LogP contribution in [0.1, 0.15) is 34.9 Å². The highest BCUT2D eigenvalue weighted by Gasteiger charge is 2.25. The number of nitrogens with zero attached hydrogens (tertiary/aromatic N) is 3. The van der Waals surface area contributed by atoms with Crippen LogP contribution in [0.25, 0.3) is 0 Å². The van der Waals surface area contributed by atoms with Crippen molar-refractivity contribution in [3.8, 4) is 0 Å². The maximum atomic E-state index is 13.3. The fraction of sp³-hybridized carbons (Fsp3) is 0.333. The van der Waals surface area contributed by atoms with Crippen molar-refractivity contribution in [1.82, 2.24) is 14.0 Å². The first-order chi connectivity index (χ1) is 14.1. The van der Waals surface area contributed by atoms with Crippen LogP contribution in [0.5, 0.6) is 0 Å². The van der Waals surface area contributed by atoms with Crippen molar-refractivity contribution < 1.29 is 0 Å². The summed E-state index contributed by atoms with van der Waals surface area (Å²) in [4.78, 5) is 28.6. The Bertz CT molecular complexity index is 1110. The zero-order valence-electron chi connectivity index (χ0n) is 17.1. The molecule has 2 aromatic carbocycles. The molecule has 5 nitrogen and oxygen atoms in total. The van der Waals surface area contributed by atoms with E-state index in [9.17, 15) is 9.59 Å². The first-order valence-electron chi connectivity index (χ1n) is 10.2. The van der Waals surface area contributed by atoms with E-state index in [0.717, 1.165) is 41.9 Å². The van der Waals surface area contributed by atoms with Crippen molar-refractivity contribution in [2.45, 2.75) is 46.4 Å². The zero-order chi connectivity index (χ0) is 20.4. The predicted molar refractivity (Wildman–Crippen MR) is 115 cm³/mol. The number of fused-ring (bicyclic) bond motifs is 1. The summed E-state index contributed by atoms with van der Waals surface area (Å²) in [6, 6.07) is 18.3. The molecule has 0 bridgehead atoms. The molecule has 29 heavy (non-hydrogen) atoms. The summed E-state index contributed by atoms with van der Waals surface area (Å²) in [6.45, 7) is 7.12. The van der Waals surface area contributed by atoms with Gasteiger partial charge in [0.15, 0.2) is 0 Å². The Morgan fingerprint density at radius 2 is 1.55 bits per heavy atom. The van der Waals surface area contributed by atoms with Crippen molar-refractivity contribution in [1.29, 1.82) is 0 Å². The van der Waals surface area contributed by atoms with Gasteiger partial charge in [-0.05, 0) is 25.0 Å². The van der Waals surface area contributed by atoms with Gasteiger partial charge in [0.1, 0.15) is 0 Å². The summed E-state index contributed by atoms with van der Waals surface area (Å²) >= 11 is 0. The van der Waals surface area contributed by atoms with E-state index in [2.05, 4.69) is 17.0 Å². The lowest BCUT2D eigenvalue weighted by Crippen LogP contribution is -2.47. The minimum Gasteiger partial charge on any atom is -0.297 e. The van der Waals surface area contributed by atoms with Gasteiger partial charge in [-0.1, -0.05) is 60.2 Å². The average molecular weight is 389 g/mol. The van der Waals surface area contributed by atoms with Crippen molar-refractivity contribution in [2.24, 2.45) is 0 Å². The molecule has 0 fully saturated rings. The molecule has 0 radical (unpaired) electrons. The summed E-state index contributed by atoms with van der Waals surface area (Å²) in [5.41, 5.74) is 4.69. The summed E-state index contributed by atoms with van der Waals surface area (Å²) in [6.07, 6.45) is 0.728. The largest absolute Gasteiger partial charge is 0.331 e. The standard InChI is InChI=1S/C24H27N3O2/c1-3-26-22-13-14-25(15-19-7-5-4-6-8-19)17-21(22)23(28)27(24(26)29)16-20-11-9-18(2)10-12-20/h4-12H,3,13-17H2,1-2H3. The normalized spacial score (nSPS) is 14.0. The molecular formula is C24H27N3O2. The van der Waals surface area contributed by atoms with Crippen LogP contribution in [0.15, 0.2) is 64.2 Å². The lowest BCUT2D eigenvalue weighted by Gasteiger charge is -2.30. The fourth-order valence-corrected chi connectivity index (χ4v) is 4.13. The van der Waals surface area contributed by atoms with Crippen molar-refractivity contribution in [3.05, 3.63) is 103 Å². The number of aromatic nitrogens is 2.